The topological polar surface area (TPSA) is 57.9 Å². The minimum atomic E-state index is 0.157. The number of hydrogen-bond acceptors (Lipinski definition) is 4. The Bertz CT molecular complexity index is 669. The highest BCUT2D eigenvalue weighted by molar-refractivity contribution is 5.64. The molecule has 0 aliphatic heterocycles. The number of benzene rings is 1. The summed E-state index contributed by atoms with van der Waals surface area (Å²) >= 11 is 0. The van der Waals surface area contributed by atoms with E-state index in [4.69, 9.17) is 10.00 Å². The van der Waals surface area contributed by atoms with Gasteiger partial charge in [0.1, 0.15) is 12.4 Å². The fourth-order valence-electron chi connectivity index (χ4n) is 2.23. The van der Waals surface area contributed by atoms with Crippen molar-refractivity contribution in [2.45, 2.75) is 18.4 Å². The van der Waals surface area contributed by atoms with Gasteiger partial charge < -0.3 is 10.1 Å². The van der Waals surface area contributed by atoms with Crippen LogP contribution in [0.2, 0.25) is 0 Å². The van der Waals surface area contributed by atoms with Crippen LogP contribution < -0.4 is 10.1 Å². The predicted molar refractivity (Wildman–Crippen MR) is 80.9 cm³/mol. The van der Waals surface area contributed by atoms with E-state index in [0.29, 0.717) is 12.2 Å². The molecule has 1 aromatic carbocycles. The standard InChI is InChI=1S/C17H17N3O/c1-19-17(6-7-17)12-21-16-8-15(10-20-11-16)14-4-2-13(9-18)3-5-14/h2-5,8,10-11,19H,6-7,12H2,1H3. The molecule has 21 heavy (non-hydrogen) atoms. The molecule has 1 fully saturated rings. The van der Waals surface area contributed by atoms with Crippen molar-refractivity contribution >= 4 is 0 Å². The Kier molecular flexibility index (Phi) is 3.59. The first kappa shape index (κ1) is 13.6. The van der Waals surface area contributed by atoms with E-state index < -0.39 is 0 Å². The van der Waals surface area contributed by atoms with E-state index >= 15 is 0 Å². The average molecular weight is 279 g/mol. The molecule has 4 heteroatoms. The first-order valence-electron chi connectivity index (χ1n) is 7.02. The highest BCUT2D eigenvalue weighted by Crippen LogP contribution is 2.35. The summed E-state index contributed by atoms with van der Waals surface area (Å²) in [6.07, 6.45) is 5.86. The molecule has 0 atom stereocenters. The van der Waals surface area contributed by atoms with Crippen LogP contribution in [0.3, 0.4) is 0 Å². The van der Waals surface area contributed by atoms with Crippen LogP contribution in [0.15, 0.2) is 42.7 Å². The molecule has 0 amide bonds. The number of nitrogens with zero attached hydrogens (tertiary/aromatic N) is 2. The first-order valence-corrected chi connectivity index (χ1v) is 7.02. The number of nitriles is 1. The van der Waals surface area contributed by atoms with E-state index in [2.05, 4.69) is 16.4 Å². The number of rotatable bonds is 5. The lowest BCUT2D eigenvalue weighted by Gasteiger charge is -2.15. The van der Waals surface area contributed by atoms with Crippen molar-refractivity contribution in [3.8, 4) is 22.9 Å². The molecule has 0 radical (unpaired) electrons. The fourth-order valence-corrected chi connectivity index (χ4v) is 2.23. The molecule has 0 bridgehead atoms. The van der Waals surface area contributed by atoms with Gasteiger partial charge in [-0.15, -0.1) is 0 Å². The largest absolute Gasteiger partial charge is 0.490 e. The van der Waals surface area contributed by atoms with Gasteiger partial charge in [0.15, 0.2) is 0 Å². The van der Waals surface area contributed by atoms with Gasteiger partial charge in [0.25, 0.3) is 0 Å². The predicted octanol–water partition coefficient (Wildman–Crippen LogP) is 2.75. The molecule has 4 nitrogen and oxygen atoms in total. The van der Waals surface area contributed by atoms with Gasteiger partial charge in [0.05, 0.1) is 23.4 Å². The maximum atomic E-state index is 8.83. The molecule has 1 aliphatic rings. The van der Waals surface area contributed by atoms with Gasteiger partial charge in [0, 0.05) is 11.8 Å². The lowest BCUT2D eigenvalue weighted by atomic mass is 10.1. The van der Waals surface area contributed by atoms with Gasteiger partial charge in [-0.3, -0.25) is 4.98 Å². The lowest BCUT2D eigenvalue weighted by Crippen LogP contribution is -2.33. The molecule has 0 spiro atoms. The molecule has 1 N–H and O–H groups in total. The normalized spacial score (nSPS) is 15.2. The highest BCUT2D eigenvalue weighted by Gasteiger charge is 2.41. The van der Waals surface area contributed by atoms with Crippen molar-refractivity contribution in [3.05, 3.63) is 48.3 Å². The highest BCUT2D eigenvalue weighted by atomic mass is 16.5. The van der Waals surface area contributed by atoms with Gasteiger partial charge in [-0.05, 0) is 43.7 Å². The zero-order valence-electron chi connectivity index (χ0n) is 12.0. The summed E-state index contributed by atoms with van der Waals surface area (Å²) in [6, 6.07) is 11.6. The Labute approximate surface area is 124 Å². The summed E-state index contributed by atoms with van der Waals surface area (Å²) in [5.74, 6) is 0.776. The van der Waals surface area contributed by atoms with Gasteiger partial charge >= 0.3 is 0 Å². The maximum Gasteiger partial charge on any atom is 0.138 e. The molecule has 2 aromatic rings. The van der Waals surface area contributed by atoms with Gasteiger partial charge in [-0.25, -0.2) is 0 Å². The molecule has 1 aliphatic carbocycles. The monoisotopic (exact) mass is 279 g/mol. The van der Waals surface area contributed by atoms with E-state index in [-0.39, 0.29) is 5.54 Å². The van der Waals surface area contributed by atoms with Crippen LogP contribution in [-0.2, 0) is 0 Å². The number of pyridine rings is 1. The third kappa shape index (κ3) is 3.04. The van der Waals surface area contributed by atoms with E-state index in [9.17, 15) is 0 Å². The number of ether oxygens (including phenoxy) is 1. The minimum absolute atomic E-state index is 0.157. The summed E-state index contributed by atoms with van der Waals surface area (Å²) in [5.41, 5.74) is 2.83. The fraction of sp³-hybridized carbons (Fsp3) is 0.294. The summed E-state index contributed by atoms with van der Waals surface area (Å²) in [7, 11) is 1.97. The molecule has 3 rings (SSSR count). The van der Waals surface area contributed by atoms with Gasteiger partial charge in [-0.1, -0.05) is 12.1 Å². The Morgan fingerprint density at radius 1 is 1.24 bits per heavy atom. The van der Waals surface area contributed by atoms with Crippen molar-refractivity contribution in [1.82, 2.24) is 10.3 Å². The SMILES string of the molecule is CNC1(COc2cncc(-c3ccc(C#N)cc3)c2)CC1. The van der Waals surface area contributed by atoms with E-state index in [1.54, 1.807) is 12.4 Å². The van der Waals surface area contributed by atoms with Crippen molar-refractivity contribution in [2.24, 2.45) is 0 Å². The molecule has 0 saturated heterocycles. The summed E-state index contributed by atoms with van der Waals surface area (Å²) < 4.78 is 5.85. The van der Waals surface area contributed by atoms with Gasteiger partial charge in [-0.2, -0.15) is 5.26 Å². The zero-order valence-corrected chi connectivity index (χ0v) is 12.0. The van der Waals surface area contributed by atoms with Crippen molar-refractivity contribution in [3.63, 3.8) is 0 Å². The zero-order chi connectivity index (χ0) is 14.7. The molecule has 1 aromatic heterocycles. The van der Waals surface area contributed by atoms with E-state index in [1.165, 1.54) is 0 Å². The summed E-state index contributed by atoms with van der Waals surface area (Å²) in [5, 5.41) is 12.1. The quantitative estimate of drug-likeness (QED) is 0.914. The van der Waals surface area contributed by atoms with E-state index in [1.807, 2.05) is 37.4 Å². The van der Waals surface area contributed by atoms with Crippen LogP contribution >= 0.6 is 0 Å². The number of hydrogen-bond donors (Lipinski definition) is 1. The maximum absolute atomic E-state index is 8.83. The Balaban J connectivity index is 1.74. The first-order chi connectivity index (χ1) is 10.2. The summed E-state index contributed by atoms with van der Waals surface area (Å²) in [6.45, 7) is 0.669. The summed E-state index contributed by atoms with van der Waals surface area (Å²) in [4.78, 5) is 4.24. The Hall–Kier alpha value is -2.38. The lowest BCUT2D eigenvalue weighted by molar-refractivity contribution is 0.259. The van der Waals surface area contributed by atoms with Crippen molar-refractivity contribution in [2.75, 3.05) is 13.7 Å². The van der Waals surface area contributed by atoms with Gasteiger partial charge in [0.2, 0.25) is 0 Å². The molecule has 106 valence electrons. The third-order valence-corrected chi connectivity index (χ3v) is 3.96. The van der Waals surface area contributed by atoms with Crippen LogP contribution in [-0.4, -0.2) is 24.2 Å². The Morgan fingerprint density at radius 2 is 2.00 bits per heavy atom. The number of likely N-dealkylation sites (N-methyl/N-ethyl adjacent to an activating group) is 1. The molecule has 0 unspecified atom stereocenters. The number of aromatic nitrogens is 1. The van der Waals surface area contributed by atoms with Crippen LogP contribution in [0.1, 0.15) is 18.4 Å². The second-order valence-corrected chi connectivity index (χ2v) is 5.42. The molecule has 1 saturated carbocycles. The van der Waals surface area contributed by atoms with Crippen LogP contribution in [0.4, 0.5) is 0 Å². The van der Waals surface area contributed by atoms with Crippen LogP contribution in [0.5, 0.6) is 5.75 Å². The van der Waals surface area contributed by atoms with Crippen molar-refractivity contribution < 1.29 is 4.74 Å². The molecular weight excluding hydrogens is 262 g/mol. The Morgan fingerprint density at radius 3 is 2.62 bits per heavy atom. The minimum Gasteiger partial charge on any atom is -0.490 e. The van der Waals surface area contributed by atoms with E-state index in [0.717, 1.165) is 29.7 Å². The van der Waals surface area contributed by atoms with Crippen LogP contribution in [0.25, 0.3) is 11.1 Å². The van der Waals surface area contributed by atoms with Crippen LogP contribution in [0, 0.1) is 11.3 Å². The number of nitrogens with one attached hydrogen (secondary N) is 1. The second kappa shape index (κ2) is 5.55. The molecule has 1 heterocycles. The second-order valence-electron chi connectivity index (χ2n) is 5.42. The average Bonchev–Trinajstić information content (AvgIpc) is 3.34. The third-order valence-electron chi connectivity index (χ3n) is 3.96. The smallest absolute Gasteiger partial charge is 0.138 e. The van der Waals surface area contributed by atoms with Crippen molar-refractivity contribution in [1.29, 1.82) is 5.26 Å². The molecular formula is C17H17N3O.